The van der Waals surface area contributed by atoms with E-state index in [-0.39, 0.29) is 29.7 Å². The molecule has 9 heteroatoms. The van der Waals surface area contributed by atoms with Gasteiger partial charge in [-0.25, -0.2) is 12.4 Å². The van der Waals surface area contributed by atoms with Gasteiger partial charge in [-0.05, 0) is 54.6 Å². The molecular formula is C21H26BrCl2N3O2S. The first-order valence-corrected chi connectivity index (χ1v) is 11.8. The molecule has 0 N–H and O–H groups in total. The Balaban J connectivity index is 0.00000160. The first kappa shape index (κ1) is 25.2. The van der Waals surface area contributed by atoms with Crippen LogP contribution in [0.4, 0.5) is 0 Å². The van der Waals surface area contributed by atoms with Crippen molar-refractivity contribution in [1.82, 2.24) is 13.8 Å². The van der Waals surface area contributed by atoms with Gasteiger partial charge in [-0.3, -0.25) is 4.90 Å². The molecule has 4 rings (SSSR count). The Morgan fingerprint density at radius 2 is 1.53 bits per heavy atom. The lowest BCUT2D eigenvalue weighted by molar-refractivity contribution is 0.132. The maximum atomic E-state index is 13.0. The summed E-state index contributed by atoms with van der Waals surface area (Å²) in [5, 5.41) is 0.949. The number of benzene rings is 2. The number of hydrogen-bond donors (Lipinski definition) is 0. The Morgan fingerprint density at radius 1 is 0.900 bits per heavy atom. The van der Waals surface area contributed by atoms with E-state index in [0.717, 1.165) is 49.1 Å². The second-order valence-corrected chi connectivity index (χ2v) is 9.90. The third-order valence-electron chi connectivity index (χ3n) is 5.41. The Kier molecular flexibility index (Phi) is 8.80. The summed E-state index contributed by atoms with van der Waals surface area (Å²) in [7, 11) is -3.61. The molecule has 0 saturated carbocycles. The predicted molar refractivity (Wildman–Crippen MR) is 131 cm³/mol. The van der Waals surface area contributed by atoms with Crippen LogP contribution in [0.5, 0.6) is 0 Å². The van der Waals surface area contributed by atoms with Crippen molar-refractivity contribution in [2.75, 3.05) is 32.7 Å². The molecule has 0 atom stereocenters. The molecule has 30 heavy (non-hydrogen) atoms. The van der Waals surface area contributed by atoms with Crippen molar-refractivity contribution < 1.29 is 8.42 Å². The van der Waals surface area contributed by atoms with Crippen LogP contribution < -0.4 is 0 Å². The van der Waals surface area contributed by atoms with Crippen LogP contribution >= 0.6 is 40.7 Å². The molecule has 1 fully saturated rings. The lowest BCUT2D eigenvalue weighted by atomic mass is 10.1. The van der Waals surface area contributed by atoms with Crippen LogP contribution in [0.15, 0.2) is 64.1 Å². The van der Waals surface area contributed by atoms with Gasteiger partial charge in [-0.15, -0.1) is 24.8 Å². The number of rotatable bonds is 5. The van der Waals surface area contributed by atoms with E-state index in [9.17, 15) is 8.42 Å². The molecule has 1 saturated heterocycles. The van der Waals surface area contributed by atoms with Crippen LogP contribution in [0.25, 0.3) is 10.9 Å². The van der Waals surface area contributed by atoms with Gasteiger partial charge >= 0.3 is 0 Å². The van der Waals surface area contributed by atoms with Crippen molar-refractivity contribution in [2.24, 2.45) is 0 Å². The molecule has 0 aliphatic carbocycles. The van der Waals surface area contributed by atoms with E-state index >= 15 is 0 Å². The summed E-state index contributed by atoms with van der Waals surface area (Å²) in [6.45, 7) is 8.59. The smallest absolute Gasteiger partial charge is 0.268 e. The van der Waals surface area contributed by atoms with Gasteiger partial charge in [0.2, 0.25) is 0 Å². The van der Waals surface area contributed by atoms with E-state index in [2.05, 4.69) is 38.7 Å². The molecule has 164 valence electrons. The van der Waals surface area contributed by atoms with Crippen molar-refractivity contribution in [1.29, 1.82) is 0 Å². The quantitative estimate of drug-likeness (QED) is 0.479. The Morgan fingerprint density at radius 3 is 2.17 bits per heavy atom. The van der Waals surface area contributed by atoms with Gasteiger partial charge in [0.1, 0.15) is 0 Å². The van der Waals surface area contributed by atoms with E-state index < -0.39 is 10.0 Å². The van der Waals surface area contributed by atoms with E-state index in [1.165, 1.54) is 9.54 Å². The van der Waals surface area contributed by atoms with Crippen LogP contribution in [0.3, 0.4) is 0 Å². The molecule has 2 aromatic carbocycles. The molecule has 1 aliphatic heterocycles. The van der Waals surface area contributed by atoms with E-state index in [4.69, 9.17) is 0 Å². The fourth-order valence-electron chi connectivity index (χ4n) is 3.72. The lowest BCUT2D eigenvalue weighted by Crippen LogP contribution is -2.45. The van der Waals surface area contributed by atoms with E-state index in [1.807, 2.05) is 18.2 Å². The minimum atomic E-state index is -3.61. The second-order valence-electron chi connectivity index (χ2n) is 7.17. The largest absolute Gasteiger partial charge is 0.301 e. The molecule has 0 bridgehead atoms. The van der Waals surface area contributed by atoms with Crippen molar-refractivity contribution in [3.63, 3.8) is 0 Å². The molecule has 3 aromatic rings. The predicted octanol–water partition coefficient (Wildman–Crippen LogP) is 4.62. The van der Waals surface area contributed by atoms with Crippen molar-refractivity contribution >= 4 is 61.7 Å². The summed E-state index contributed by atoms with van der Waals surface area (Å²) >= 11 is 3.35. The summed E-state index contributed by atoms with van der Waals surface area (Å²) in [4.78, 5) is 5.21. The molecule has 0 amide bonds. The summed E-state index contributed by atoms with van der Waals surface area (Å²) in [6, 6.07) is 14.7. The average Bonchev–Trinajstić information content (AvgIpc) is 3.13. The highest BCUT2D eigenvalue weighted by molar-refractivity contribution is 9.10. The number of fused-ring (bicyclic) bond motifs is 1. The van der Waals surface area contributed by atoms with Crippen LogP contribution in [0, 0.1) is 0 Å². The van der Waals surface area contributed by atoms with Gasteiger partial charge in [0.05, 0.1) is 10.4 Å². The van der Waals surface area contributed by atoms with Gasteiger partial charge < -0.3 is 4.90 Å². The minimum absolute atomic E-state index is 0. The molecule has 1 aliphatic rings. The lowest BCUT2D eigenvalue weighted by Gasteiger charge is -2.34. The monoisotopic (exact) mass is 533 g/mol. The third kappa shape index (κ3) is 5.21. The van der Waals surface area contributed by atoms with E-state index in [1.54, 1.807) is 30.5 Å². The van der Waals surface area contributed by atoms with Crippen LogP contribution in [-0.2, 0) is 16.6 Å². The highest BCUT2D eigenvalue weighted by atomic mass is 79.9. The van der Waals surface area contributed by atoms with Gasteiger partial charge in [-0.1, -0.05) is 28.9 Å². The first-order valence-electron chi connectivity index (χ1n) is 9.53. The summed E-state index contributed by atoms with van der Waals surface area (Å²) in [5.74, 6) is 0. The fraction of sp³-hybridized carbons (Fsp3) is 0.333. The van der Waals surface area contributed by atoms with Crippen LogP contribution in [-0.4, -0.2) is 54.9 Å². The van der Waals surface area contributed by atoms with Gasteiger partial charge in [0, 0.05) is 48.8 Å². The Hall–Kier alpha value is -1.09. The number of piperazine rings is 1. The number of nitrogens with zero attached hydrogens (tertiary/aromatic N) is 3. The fourth-order valence-corrected chi connectivity index (χ4v) is 5.33. The average molecular weight is 535 g/mol. The van der Waals surface area contributed by atoms with Crippen molar-refractivity contribution in [2.45, 2.75) is 18.4 Å². The highest BCUT2D eigenvalue weighted by Crippen LogP contribution is 2.25. The molecule has 0 unspecified atom stereocenters. The molecule has 2 heterocycles. The number of hydrogen-bond acceptors (Lipinski definition) is 4. The van der Waals surface area contributed by atoms with Crippen LogP contribution in [0.2, 0.25) is 0 Å². The normalized spacial score (nSPS) is 15.5. The molecule has 0 radical (unpaired) electrons. The van der Waals surface area contributed by atoms with Gasteiger partial charge in [0.15, 0.2) is 0 Å². The number of halogens is 3. The van der Waals surface area contributed by atoms with Gasteiger partial charge in [0.25, 0.3) is 10.0 Å². The summed E-state index contributed by atoms with van der Waals surface area (Å²) < 4.78 is 28.3. The zero-order chi connectivity index (χ0) is 19.7. The zero-order valence-corrected chi connectivity index (χ0v) is 20.7. The summed E-state index contributed by atoms with van der Waals surface area (Å²) in [6.07, 6.45) is 1.64. The highest BCUT2D eigenvalue weighted by Gasteiger charge is 2.20. The molecule has 5 nitrogen and oxygen atoms in total. The van der Waals surface area contributed by atoms with Crippen molar-refractivity contribution in [3.05, 3.63) is 64.8 Å². The Bertz CT molecular complexity index is 1080. The third-order valence-corrected chi connectivity index (χ3v) is 7.64. The standard InChI is InChI=1S/C21H24BrN3O2S.2ClH/c1-2-23-11-13-24(14-12-23)16-17-3-8-21-18(15-17)9-10-25(21)28(26,27)20-6-4-19(22)5-7-20;;/h3-10,15H,2,11-14,16H2,1H3;2*1H. The minimum Gasteiger partial charge on any atom is -0.301 e. The number of likely N-dealkylation sites (N-methyl/N-ethyl adjacent to an activating group) is 1. The molecule has 0 spiro atoms. The maximum absolute atomic E-state index is 13.0. The first-order chi connectivity index (χ1) is 13.5. The zero-order valence-electron chi connectivity index (χ0n) is 16.7. The molecule has 1 aromatic heterocycles. The number of aromatic nitrogens is 1. The van der Waals surface area contributed by atoms with E-state index in [0.29, 0.717) is 5.52 Å². The summed E-state index contributed by atoms with van der Waals surface area (Å²) in [5.41, 5.74) is 1.93. The second kappa shape index (κ2) is 10.5. The topological polar surface area (TPSA) is 45.5 Å². The Labute approximate surface area is 199 Å². The van der Waals surface area contributed by atoms with Gasteiger partial charge in [-0.2, -0.15) is 0 Å². The maximum Gasteiger partial charge on any atom is 0.268 e. The van der Waals surface area contributed by atoms with Crippen molar-refractivity contribution in [3.8, 4) is 0 Å². The SMILES string of the molecule is CCN1CCN(Cc2ccc3c(ccn3S(=O)(=O)c3ccc(Br)cc3)c2)CC1.Cl.Cl. The molecular weight excluding hydrogens is 509 g/mol. The van der Waals surface area contributed by atoms with Crippen LogP contribution in [0.1, 0.15) is 12.5 Å².